The van der Waals surface area contributed by atoms with Crippen molar-refractivity contribution in [3.8, 4) is 11.6 Å². The summed E-state index contributed by atoms with van der Waals surface area (Å²) >= 11 is 1.20. The Morgan fingerprint density at radius 1 is 1.14 bits per heavy atom. The van der Waals surface area contributed by atoms with Crippen LogP contribution in [-0.2, 0) is 11.8 Å². The number of anilines is 1. The van der Waals surface area contributed by atoms with Crippen molar-refractivity contribution in [3.05, 3.63) is 60.2 Å². The number of benzene rings is 2. The highest BCUT2D eigenvalue weighted by Gasteiger charge is 2.17. The number of carbonyl (C=O) groups is 2. The van der Waals surface area contributed by atoms with Gasteiger partial charge in [0.2, 0.25) is 5.91 Å². The highest BCUT2D eigenvalue weighted by molar-refractivity contribution is 7.99. The molecule has 0 spiro atoms. The molecule has 0 radical (unpaired) electrons. The van der Waals surface area contributed by atoms with E-state index in [2.05, 4.69) is 15.5 Å². The van der Waals surface area contributed by atoms with Crippen molar-refractivity contribution in [1.29, 1.82) is 0 Å². The first-order chi connectivity index (χ1) is 14.0. The first-order valence-electron chi connectivity index (χ1n) is 8.66. The largest absolute Gasteiger partial charge is 0.478 e. The highest BCUT2D eigenvalue weighted by Crippen LogP contribution is 2.28. The molecule has 1 amide bonds. The summed E-state index contributed by atoms with van der Waals surface area (Å²) in [6.07, 6.45) is 0. The second kappa shape index (κ2) is 7.80. The lowest BCUT2D eigenvalue weighted by atomic mass is 10.2. The van der Waals surface area contributed by atoms with Gasteiger partial charge in [-0.25, -0.2) is 4.79 Å². The number of carbonyl (C=O) groups excluding carboxylic acids is 1. The molecule has 0 aliphatic heterocycles. The number of furan rings is 1. The third-order valence-electron chi connectivity index (χ3n) is 4.24. The second-order valence-electron chi connectivity index (χ2n) is 6.20. The molecule has 2 aromatic heterocycles. The smallest absolute Gasteiger partial charge is 0.337 e. The van der Waals surface area contributed by atoms with Gasteiger partial charge in [-0.15, -0.1) is 10.2 Å². The van der Waals surface area contributed by atoms with Crippen LogP contribution in [0, 0.1) is 0 Å². The first kappa shape index (κ1) is 18.8. The average Bonchev–Trinajstić information content (AvgIpc) is 3.29. The topological polar surface area (TPSA) is 110 Å². The van der Waals surface area contributed by atoms with Crippen molar-refractivity contribution in [3.63, 3.8) is 0 Å². The molecule has 2 N–H and O–H groups in total. The maximum absolute atomic E-state index is 12.3. The molecule has 4 aromatic rings. The zero-order valence-corrected chi connectivity index (χ0v) is 16.1. The summed E-state index contributed by atoms with van der Waals surface area (Å²) in [6.45, 7) is 0. The van der Waals surface area contributed by atoms with Crippen LogP contribution < -0.4 is 5.32 Å². The van der Waals surface area contributed by atoms with Crippen molar-refractivity contribution >= 4 is 40.3 Å². The van der Waals surface area contributed by atoms with Gasteiger partial charge in [-0.05, 0) is 24.3 Å². The number of fused-ring (bicyclic) bond motifs is 1. The maximum Gasteiger partial charge on any atom is 0.337 e. The van der Waals surface area contributed by atoms with Crippen LogP contribution in [0.3, 0.4) is 0 Å². The van der Waals surface area contributed by atoms with Gasteiger partial charge >= 0.3 is 5.97 Å². The van der Waals surface area contributed by atoms with Gasteiger partial charge in [0.05, 0.1) is 17.0 Å². The lowest BCUT2D eigenvalue weighted by Gasteiger charge is -2.08. The molecule has 29 heavy (non-hydrogen) atoms. The Bertz CT molecular complexity index is 1180. The molecule has 2 heterocycles. The molecule has 0 fully saturated rings. The van der Waals surface area contributed by atoms with E-state index in [4.69, 9.17) is 4.42 Å². The van der Waals surface area contributed by atoms with E-state index >= 15 is 0 Å². The number of rotatable bonds is 6. The van der Waals surface area contributed by atoms with Crippen LogP contribution in [0.25, 0.3) is 22.6 Å². The molecule has 9 heteroatoms. The zero-order chi connectivity index (χ0) is 20.4. The summed E-state index contributed by atoms with van der Waals surface area (Å²) in [5.74, 6) is -0.234. The Morgan fingerprint density at radius 2 is 1.90 bits per heavy atom. The quantitative estimate of drug-likeness (QED) is 0.469. The Hall–Kier alpha value is -3.59. The minimum atomic E-state index is -1.10. The minimum Gasteiger partial charge on any atom is -0.478 e. The molecule has 0 bridgehead atoms. The van der Waals surface area contributed by atoms with Crippen LogP contribution in [0.2, 0.25) is 0 Å². The van der Waals surface area contributed by atoms with Crippen LogP contribution in [-0.4, -0.2) is 37.5 Å². The first-order valence-corrected chi connectivity index (χ1v) is 9.65. The number of aromatic nitrogens is 3. The number of hydrogen-bond donors (Lipinski definition) is 2. The van der Waals surface area contributed by atoms with Crippen LogP contribution in [0.15, 0.2) is 64.2 Å². The van der Waals surface area contributed by atoms with Gasteiger partial charge < -0.3 is 19.4 Å². The molecule has 0 atom stereocenters. The lowest BCUT2D eigenvalue weighted by Crippen LogP contribution is -2.16. The Kier molecular flexibility index (Phi) is 5.05. The van der Waals surface area contributed by atoms with Gasteiger partial charge in [-0.1, -0.05) is 42.1 Å². The number of aromatic carboxylic acids is 1. The van der Waals surface area contributed by atoms with Crippen molar-refractivity contribution in [2.45, 2.75) is 5.16 Å². The van der Waals surface area contributed by atoms with Crippen LogP contribution >= 0.6 is 11.8 Å². The van der Waals surface area contributed by atoms with Crippen LogP contribution in [0.1, 0.15) is 10.4 Å². The molecule has 2 aromatic carbocycles. The third-order valence-corrected chi connectivity index (χ3v) is 5.26. The number of carboxylic acid groups (broad SMARTS) is 1. The van der Waals surface area contributed by atoms with Crippen molar-refractivity contribution < 1.29 is 19.1 Å². The van der Waals surface area contributed by atoms with Gasteiger partial charge in [0.1, 0.15) is 5.58 Å². The second-order valence-corrected chi connectivity index (χ2v) is 7.14. The van der Waals surface area contributed by atoms with Crippen molar-refractivity contribution in [1.82, 2.24) is 14.8 Å². The Balaban J connectivity index is 1.46. The Morgan fingerprint density at radius 3 is 2.69 bits per heavy atom. The number of thioether (sulfide) groups is 1. The van der Waals surface area contributed by atoms with Gasteiger partial charge in [0, 0.05) is 12.4 Å². The molecule has 4 rings (SSSR count). The van der Waals surface area contributed by atoms with E-state index in [1.165, 1.54) is 17.8 Å². The number of nitrogens with one attached hydrogen (secondary N) is 1. The standard InChI is InChI=1S/C20H16N4O4S/c1-24-18(16-10-12-6-2-5-9-15(12)28-16)22-23-20(24)29-11-17(25)21-14-8-4-3-7-13(14)19(26)27/h2-10H,11H2,1H3,(H,21,25)(H,26,27). The van der Waals surface area contributed by atoms with Gasteiger partial charge in [0.15, 0.2) is 16.7 Å². The van der Waals surface area contributed by atoms with E-state index in [-0.39, 0.29) is 22.9 Å². The summed E-state index contributed by atoms with van der Waals surface area (Å²) in [5, 5.41) is 21.6. The summed E-state index contributed by atoms with van der Waals surface area (Å²) in [6, 6.07) is 15.8. The number of amides is 1. The van der Waals surface area contributed by atoms with Gasteiger partial charge in [-0.3, -0.25) is 4.79 Å². The highest BCUT2D eigenvalue weighted by atomic mass is 32.2. The molecular weight excluding hydrogens is 392 g/mol. The van der Waals surface area contributed by atoms with E-state index in [0.29, 0.717) is 16.7 Å². The van der Waals surface area contributed by atoms with E-state index in [1.54, 1.807) is 29.8 Å². The van der Waals surface area contributed by atoms with E-state index in [1.807, 2.05) is 30.3 Å². The lowest BCUT2D eigenvalue weighted by molar-refractivity contribution is -0.113. The molecule has 146 valence electrons. The van der Waals surface area contributed by atoms with Gasteiger partial charge in [-0.2, -0.15) is 0 Å². The molecule has 8 nitrogen and oxygen atoms in total. The van der Waals surface area contributed by atoms with Crippen LogP contribution in [0.4, 0.5) is 5.69 Å². The van der Waals surface area contributed by atoms with E-state index in [0.717, 1.165) is 11.0 Å². The fourth-order valence-electron chi connectivity index (χ4n) is 2.84. The fraction of sp³-hybridized carbons (Fsp3) is 0.100. The molecule has 0 unspecified atom stereocenters. The van der Waals surface area contributed by atoms with Crippen molar-refractivity contribution in [2.75, 3.05) is 11.1 Å². The van der Waals surface area contributed by atoms with Crippen LogP contribution in [0.5, 0.6) is 0 Å². The van der Waals surface area contributed by atoms with E-state index in [9.17, 15) is 14.7 Å². The average molecular weight is 408 g/mol. The number of para-hydroxylation sites is 2. The molecule has 0 saturated carbocycles. The number of hydrogen-bond acceptors (Lipinski definition) is 6. The predicted octanol–water partition coefficient (Wildman–Crippen LogP) is 3.66. The third kappa shape index (κ3) is 3.85. The summed E-state index contributed by atoms with van der Waals surface area (Å²) in [5.41, 5.74) is 1.05. The minimum absolute atomic E-state index is 0.0386. The molecule has 0 saturated heterocycles. The summed E-state index contributed by atoms with van der Waals surface area (Å²) in [7, 11) is 1.79. The van der Waals surface area contributed by atoms with E-state index < -0.39 is 5.97 Å². The zero-order valence-electron chi connectivity index (χ0n) is 15.3. The maximum atomic E-state index is 12.3. The molecule has 0 aliphatic carbocycles. The normalized spacial score (nSPS) is 10.9. The SMILES string of the molecule is Cn1c(SCC(=O)Nc2ccccc2C(=O)O)nnc1-c1cc2ccccc2o1. The monoisotopic (exact) mass is 408 g/mol. The number of nitrogens with zero attached hydrogens (tertiary/aromatic N) is 3. The van der Waals surface area contributed by atoms with Crippen molar-refractivity contribution in [2.24, 2.45) is 7.05 Å². The summed E-state index contributed by atoms with van der Waals surface area (Å²) in [4.78, 5) is 23.5. The molecular formula is C20H16N4O4S. The molecule has 0 aliphatic rings. The van der Waals surface area contributed by atoms with Gasteiger partial charge in [0.25, 0.3) is 0 Å². The Labute approximate surface area is 169 Å². The fourth-order valence-corrected chi connectivity index (χ4v) is 3.55. The predicted molar refractivity (Wildman–Crippen MR) is 109 cm³/mol. The number of carboxylic acids is 1. The summed E-state index contributed by atoms with van der Waals surface area (Å²) < 4.78 is 7.57.